The maximum absolute atomic E-state index is 13.0. The molecular formula is C16H19FN4O2S. The first kappa shape index (κ1) is 16.9. The number of thioether (sulfide) groups is 1. The zero-order valence-corrected chi connectivity index (χ0v) is 14.4. The second-order valence-electron chi connectivity index (χ2n) is 5.57. The van der Waals surface area contributed by atoms with Gasteiger partial charge in [-0.05, 0) is 31.2 Å². The Morgan fingerprint density at radius 3 is 2.58 bits per heavy atom. The first-order valence-corrected chi connectivity index (χ1v) is 8.63. The Morgan fingerprint density at radius 2 is 1.92 bits per heavy atom. The molecule has 6 nitrogen and oxygen atoms in total. The summed E-state index contributed by atoms with van der Waals surface area (Å²) in [5.41, 5.74) is 0.493. The predicted octanol–water partition coefficient (Wildman–Crippen LogP) is 2.15. The van der Waals surface area contributed by atoms with Gasteiger partial charge in [-0.25, -0.2) is 4.39 Å². The van der Waals surface area contributed by atoms with Crippen molar-refractivity contribution in [1.82, 2.24) is 14.8 Å². The molecule has 1 aliphatic rings. The van der Waals surface area contributed by atoms with E-state index in [4.69, 9.17) is 4.74 Å². The number of hydrogen-bond acceptors (Lipinski definition) is 6. The Morgan fingerprint density at radius 1 is 1.25 bits per heavy atom. The van der Waals surface area contributed by atoms with Crippen LogP contribution in [0.4, 0.5) is 10.3 Å². The molecule has 24 heavy (non-hydrogen) atoms. The smallest absolute Gasteiger partial charge is 0.227 e. The van der Waals surface area contributed by atoms with Gasteiger partial charge in [0, 0.05) is 25.7 Å². The molecule has 0 saturated carbocycles. The highest BCUT2D eigenvalue weighted by molar-refractivity contribution is 8.00. The highest BCUT2D eigenvalue weighted by Gasteiger charge is 2.22. The van der Waals surface area contributed by atoms with E-state index in [2.05, 4.69) is 15.1 Å². The fourth-order valence-electron chi connectivity index (χ4n) is 2.51. The molecule has 0 amide bonds. The Kier molecular flexibility index (Phi) is 5.15. The number of ketones is 1. The number of hydrogen-bond donors (Lipinski definition) is 0. The van der Waals surface area contributed by atoms with Crippen molar-refractivity contribution in [3.8, 4) is 0 Å². The molecule has 2 heterocycles. The number of nitrogens with zero attached hydrogens (tertiary/aromatic N) is 4. The van der Waals surface area contributed by atoms with Crippen LogP contribution >= 0.6 is 11.8 Å². The zero-order chi connectivity index (χ0) is 17.1. The number of benzene rings is 1. The lowest BCUT2D eigenvalue weighted by atomic mass is 10.1. The summed E-state index contributed by atoms with van der Waals surface area (Å²) < 4.78 is 20.2. The van der Waals surface area contributed by atoms with Crippen LogP contribution in [0.25, 0.3) is 0 Å². The molecule has 3 rings (SSSR count). The summed E-state index contributed by atoms with van der Waals surface area (Å²) in [5, 5.41) is 8.78. The molecule has 1 unspecified atom stereocenters. The summed E-state index contributed by atoms with van der Waals surface area (Å²) in [6, 6.07) is 5.60. The maximum atomic E-state index is 13.0. The van der Waals surface area contributed by atoms with Crippen molar-refractivity contribution in [1.29, 1.82) is 0 Å². The Hall–Kier alpha value is -1.93. The summed E-state index contributed by atoms with van der Waals surface area (Å²) in [4.78, 5) is 14.6. The number of rotatable bonds is 5. The highest BCUT2D eigenvalue weighted by atomic mass is 32.2. The van der Waals surface area contributed by atoms with Crippen LogP contribution in [0.1, 0.15) is 17.3 Å². The van der Waals surface area contributed by atoms with E-state index < -0.39 is 0 Å². The minimum atomic E-state index is -0.352. The third-order valence-electron chi connectivity index (χ3n) is 3.89. The molecule has 2 aromatic rings. The van der Waals surface area contributed by atoms with E-state index in [-0.39, 0.29) is 16.9 Å². The standard InChI is InChI=1S/C16H19FN4O2S/c1-11(14(22)12-3-5-13(17)6-4-12)24-16-19-18-15(20(16)2)21-7-9-23-10-8-21/h3-6,11H,7-10H2,1-2H3. The molecule has 0 bridgehead atoms. The quantitative estimate of drug-likeness (QED) is 0.608. The van der Waals surface area contributed by atoms with Crippen LogP contribution in [0.3, 0.4) is 0 Å². The Balaban J connectivity index is 1.70. The van der Waals surface area contributed by atoms with Gasteiger partial charge in [0.1, 0.15) is 5.82 Å². The van der Waals surface area contributed by atoms with E-state index in [1.807, 2.05) is 18.5 Å². The van der Waals surface area contributed by atoms with E-state index in [1.54, 1.807) is 0 Å². The van der Waals surface area contributed by atoms with Crippen LogP contribution in [0.5, 0.6) is 0 Å². The van der Waals surface area contributed by atoms with Crippen molar-refractivity contribution in [3.05, 3.63) is 35.6 Å². The van der Waals surface area contributed by atoms with Gasteiger partial charge in [0.15, 0.2) is 10.9 Å². The molecule has 8 heteroatoms. The van der Waals surface area contributed by atoms with Crippen molar-refractivity contribution < 1.29 is 13.9 Å². The molecule has 1 aromatic carbocycles. The minimum Gasteiger partial charge on any atom is -0.378 e. The Bertz CT molecular complexity index is 713. The van der Waals surface area contributed by atoms with Gasteiger partial charge in [-0.3, -0.25) is 9.36 Å². The molecule has 0 radical (unpaired) electrons. The molecule has 1 atom stereocenters. The zero-order valence-electron chi connectivity index (χ0n) is 13.6. The molecule has 1 aliphatic heterocycles. The number of Topliss-reactive ketones (excluding diaryl/α,β-unsaturated/α-hetero) is 1. The molecule has 128 valence electrons. The molecule has 0 N–H and O–H groups in total. The second-order valence-corrected chi connectivity index (χ2v) is 6.88. The van der Waals surface area contributed by atoms with Gasteiger partial charge in [-0.15, -0.1) is 10.2 Å². The third kappa shape index (κ3) is 3.59. The number of morpholine rings is 1. The summed E-state index contributed by atoms with van der Waals surface area (Å²) in [5.74, 6) is 0.369. The molecule has 0 aliphatic carbocycles. The molecule has 0 spiro atoms. The molecular weight excluding hydrogens is 331 g/mol. The van der Waals surface area contributed by atoms with E-state index in [1.165, 1.54) is 36.0 Å². The van der Waals surface area contributed by atoms with Crippen LogP contribution in [-0.4, -0.2) is 52.1 Å². The fourth-order valence-corrected chi connectivity index (χ4v) is 3.40. The normalized spacial score (nSPS) is 16.2. The van der Waals surface area contributed by atoms with Gasteiger partial charge in [-0.1, -0.05) is 11.8 Å². The van der Waals surface area contributed by atoms with E-state index in [9.17, 15) is 9.18 Å². The monoisotopic (exact) mass is 350 g/mol. The number of aromatic nitrogens is 3. The van der Waals surface area contributed by atoms with Gasteiger partial charge in [0.05, 0.1) is 18.5 Å². The van der Waals surface area contributed by atoms with Gasteiger partial charge in [0.2, 0.25) is 5.95 Å². The van der Waals surface area contributed by atoms with Gasteiger partial charge < -0.3 is 9.64 Å². The van der Waals surface area contributed by atoms with E-state index in [0.29, 0.717) is 23.9 Å². The van der Waals surface area contributed by atoms with Crippen LogP contribution in [0.2, 0.25) is 0 Å². The van der Waals surface area contributed by atoms with Crippen molar-refractivity contribution in [2.75, 3.05) is 31.2 Å². The summed E-state index contributed by atoms with van der Waals surface area (Å²) in [7, 11) is 1.89. The van der Waals surface area contributed by atoms with E-state index in [0.717, 1.165) is 19.0 Å². The summed E-state index contributed by atoms with van der Waals surface area (Å²) in [6.07, 6.45) is 0. The predicted molar refractivity (Wildman–Crippen MR) is 90.1 cm³/mol. The Labute approximate surface area is 144 Å². The van der Waals surface area contributed by atoms with Crippen LogP contribution in [-0.2, 0) is 11.8 Å². The van der Waals surface area contributed by atoms with Gasteiger partial charge in [0.25, 0.3) is 0 Å². The lowest BCUT2D eigenvalue weighted by molar-refractivity contribution is 0.0994. The largest absolute Gasteiger partial charge is 0.378 e. The van der Waals surface area contributed by atoms with E-state index >= 15 is 0 Å². The van der Waals surface area contributed by atoms with Crippen LogP contribution in [0.15, 0.2) is 29.4 Å². The first-order chi connectivity index (χ1) is 11.6. The van der Waals surface area contributed by atoms with Crippen molar-refractivity contribution in [2.24, 2.45) is 7.05 Å². The molecule has 1 saturated heterocycles. The number of carbonyl (C=O) groups is 1. The van der Waals surface area contributed by atoms with Crippen molar-refractivity contribution in [2.45, 2.75) is 17.3 Å². The van der Waals surface area contributed by atoms with Crippen LogP contribution in [0, 0.1) is 5.82 Å². The summed E-state index contributed by atoms with van der Waals surface area (Å²) in [6.45, 7) is 4.73. The van der Waals surface area contributed by atoms with Crippen molar-refractivity contribution in [3.63, 3.8) is 0 Å². The fraction of sp³-hybridized carbons (Fsp3) is 0.438. The van der Waals surface area contributed by atoms with Crippen molar-refractivity contribution >= 4 is 23.5 Å². The number of halogens is 1. The molecule has 1 fully saturated rings. The molecule has 1 aromatic heterocycles. The maximum Gasteiger partial charge on any atom is 0.227 e. The topological polar surface area (TPSA) is 60.2 Å². The lowest BCUT2D eigenvalue weighted by Crippen LogP contribution is -2.37. The minimum absolute atomic E-state index is 0.0593. The average molecular weight is 350 g/mol. The first-order valence-electron chi connectivity index (χ1n) is 7.75. The lowest BCUT2D eigenvalue weighted by Gasteiger charge is -2.27. The van der Waals surface area contributed by atoms with Gasteiger partial charge >= 0.3 is 0 Å². The van der Waals surface area contributed by atoms with Crippen LogP contribution < -0.4 is 4.90 Å². The highest BCUT2D eigenvalue weighted by Crippen LogP contribution is 2.26. The SMILES string of the molecule is CC(Sc1nnc(N2CCOCC2)n1C)C(=O)c1ccc(F)cc1. The second kappa shape index (κ2) is 7.31. The summed E-state index contributed by atoms with van der Waals surface area (Å²) >= 11 is 1.35. The third-order valence-corrected chi connectivity index (χ3v) is 5.02. The number of ether oxygens (including phenoxy) is 1. The average Bonchev–Trinajstić information content (AvgIpc) is 2.96. The number of anilines is 1. The number of carbonyl (C=O) groups excluding carboxylic acids is 1. The van der Waals surface area contributed by atoms with Gasteiger partial charge in [-0.2, -0.15) is 0 Å².